The number of ether oxygens (including phenoxy) is 1. The van der Waals surface area contributed by atoms with Crippen LogP contribution in [0.25, 0.3) is 6.08 Å². The molecule has 0 fully saturated rings. The van der Waals surface area contributed by atoms with E-state index in [2.05, 4.69) is 15.9 Å². The van der Waals surface area contributed by atoms with Gasteiger partial charge in [0.25, 0.3) is 0 Å². The predicted octanol–water partition coefficient (Wildman–Crippen LogP) is 4.82. The van der Waals surface area contributed by atoms with Gasteiger partial charge in [0.2, 0.25) is 0 Å². The Kier molecular flexibility index (Phi) is 5.20. The molecule has 0 amide bonds. The zero-order valence-electron chi connectivity index (χ0n) is 11.7. The highest BCUT2D eigenvalue weighted by Gasteiger charge is 2.09. The van der Waals surface area contributed by atoms with E-state index in [0.29, 0.717) is 21.7 Å². The molecule has 0 aliphatic carbocycles. The Bertz CT molecular complexity index is 689. The molecular weight excluding hydrogens is 352 g/mol. The van der Waals surface area contributed by atoms with Crippen LogP contribution in [-0.4, -0.2) is 17.5 Å². The molecule has 3 nitrogen and oxygen atoms in total. The molecule has 0 bridgehead atoms. The van der Waals surface area contributed by atoms with Crippen molar-refractivity contribution in [2.45, 2.75) is 13.8 Å². The number of phenolic OH excluding ortho intramolecular Hbond substituents is 1. The van der Waals surface area contributed by atoms with Crippen molar-refractivity contribution in [2.75, 3.05) is 6.61 Å². The maximum absolute atomic E-state index is 12.0. The van der Waals surface area contributed by atoms with Gasteiger partial charge in [0, 0.05) is 4.88 Å². The van der Waals surface area contributed by atoms with Gasteiger partial charge in [-0.15, -0.1) is 11.3 Å². The Hall–Kier alpha value is -1.59. The molecule has 1 aromatic carbocycles. The smallest absolute Gasteiger partial charge is 0.195 e. The summed E-state index contributed by atoms with van der Waals surface area (Å²) in [5.74, 6) is 0.426. The van der Waals surface area contributed by atoms with Crippen molar-refractivity contribution < 1.29 is 14.6 Å². The third-order valence-corrected chi connectivity index (χ3v) is 4.38. The van der Waals surface area contributed by atoms with Crippen LogP contribution in [-0.2, 0) is 0 Å². The molecule has 110 valence electrons. The summed E-state index contributed by atoms with van der Waals surface area (Å²) in [5, 5.41) is 9.85. The van der Waals surface area contributed by atoms with Crippen LogP contribution < -0.4 is 4.74 Å². The fraction of sp³-hybridized carbons (Fsp3) is 0.188. The lowest BCUT2D eigenvalue weighted by Gasteiger charge is -2.08. The fourth-order valence-corrected chi connectivity index (χ4v) is 3.02. The normalized spacial score (nSPS) is 11.0. The Balaban J connectivity index is 2.22. The van der Waals surface area contributed by atoms with Gasteiger partial charge in [0.05, 0.1) is 16.0 Å². The molecular formula is C16H15BrO3S. The Morgan fingerprint density at radius 2 is 2.19 bits per heavy atom. The number of ketones is 1. The SMILES string of the molecule is CCOc1cc(C=CC(=O)c2ccc(C)s2)cc(Br)c1O. The van der Waals surface area contributed by atoms with Gasteiger partial charge in [-0.05, 0) is 65.7 Å². The number of carbonyl (C=O) groups is 1. The van der Waals surface area contributed by atoms with Crippen molar-refractivity contribution in [3.63, 3.8) is 0 Å². The topological polar surface area (TPSA) is 46.5 Å². The van der Waals surface area contributed by atoms with E-state index in [-0.39, 0.29) is 11.5 Å². The number of allylic oxidation sites excluding steroid dienone is 1. The monoisotopic (exact) mass is 366 g/mol. The summed E-state index contributed by atoms with van der Waals surface area (Å²) in [4.78, 5) is 13.8. The number of phenols is 1. The Morgan fingerprint density at radius 3 is 2.81 bits per heavy atom. The zero-order chi connectivity index (χ0) is 15.4. The van der Waals surface area contributed by atoms with Crippen molar-refractivity contribution in [2.24, 2.45) is 0 Å². The summed E-state index contributed by atoms with van der Waals surface area (Å²) < 4.78 is 5.89. The van der Waals surface area contributed by atoms with Gasteiger partial charge in [-0.3, -0.25) is 4.79 Å². The minimum absolute atomic E-state index is 0.0322. The van der Waals surface area contributed by atoms with Gasteiger partial charge in [0.1, 0.15) is 0 Å². The van der Waals surface area contributed by atoms with Gasteiger partial charge in [-0.25, -0.2) is 0 Å². The van der Waals surface area contributed by atoms with Crippen LogP contribution >= 0.6 is 27.3 Å². The molecule has 0 aliphatic heterocycles. The summed E-state index contributed by atoms with van der Waals surface area (Å²) >= 11 is 4.75. The molecule has 1 N–H and O–H groups in total. The Labute approximate surface area is 136 Å². The van der Waals surface area contributed by atoms with Gasteiger partial charge in [0.15, 0.2) is 17.3 Å². The number of benzene rings is 1. The summed E-state index contributed by atoms with van der Waals surface area (Å²) in [6.45, 7) is 4.27. The summed E-state index contributed by atoms with van der Waals surface area (Å²) in [7, 11) is 0. The summed E-state index contributed by atoms with van der Waals surface area (Å²) in [6.07, 6.45) is 3.24. The van der Waals surface area contributed by atoms with E-state index in [4.69, 9.17) is 4.74 Å². The largest absolute Gasteiger partial charge is 0.503 e. The highest BCUT2D eigenvalue weighted by atomic mass is 79.9. The van der Waals surface area contributed by atoms with Crippen molar-refractivity contribution in [1.82, 2.24) is 0 Å². The third kappa shape index (κ3) is 3.95. The number of rotatable bonds is 5. The molecule has 21 heavy (non-hydrogen) atoms. The fourth-order valence-electron chi connectivity index (χ4n) is 1.78. The highest BCUT2D eigenvalue weighted by molar-refractivity contribution is 9.10. The van der Waals surface area contributed by atoms with Crippen LogP contribution in [0.15, 0.2) is 34.8 Å². The average Bonchev–Trinajstić information content (AvgIpc) is 2.88. The van der Waals surface area contributed by atoms with E-state index in [1.54, 1.807) is 18.2 Å². The molecule has 2 aromatic rings. The van der Waals surface area contributed by atoms with Crippen LogP contribution in [0.3, 0.4) is 0 Å². The minimum Gasteiger partial charge on any atom is -0.503 e. The first kappa shape index (κ1) is 15.8. The maximum atomic E-state index is 12.0. The molecule has 1 heterocycles. The lowest BCUT2D eigenvalue weighted by molar-refractivity contribution is 0.105. The number of hydrogen-bond donors (Lipinski definition) is 1. The van der Waals surface area contributed by atoms with E-state index < -0.39 is 0 Å². The molecule has 0 aliphatic rings. The predicted molar refractivity (Wildman–Crippen MR) is 89.4 cm³/mol. The maximum Gasteiger partial charge on any atom is 0.195 e. The van der Waals surface area contributed by atoms with Crippen molar-refractivity contribution in [3.8, 4) is 11.5 Å². The van der Waals surface area contributed by atoms with Crippen molar-refractivity contribution in [3.05, 3.63) is 50.1 Å². The first-order chi connectivity index (χ1) is 10.0. The number of hydrogen-bond acceptors (Lipinski definition) is 4. The van der Waals surface area contributed by atoms with Crippen LogP contribution in [0.2, 0.25) is 0 Å². The van der Waals surface area contributed by atoms with Gasteiger partial charge < -0.3 is 9.84 Å². The van der Waals surface area contributed by atoms with Gasteiger partial charge in [-0.2, -0.15) is 0 Å². The van der Waals surface area contributed by atoms with Crippen LogP contribution in [0.4, 0.5) is 0 Å². The first-order valence-electron chi connectivity index (χ1n) is 6.45. The first-order valence-corrected chi connectivity index (χ1v) is 8.06. The molecule has 0 saturated heterocycles. The second-order valence-electron chi connectivity index (χ2n) is 4.39. The Morgan fingerprint density at radius 1 is 1.43 bits per heavy atom. The van der Waals surface area contributed by atoms with Crippen molar-refractivity contribution in [1.29, 1.82) is 0 Å². The van der Waals surface area contributed by atoms with Crippen molar-refractivity contribution >= 4 is 39.1 Å². The lowest BCUT2D eigenvalue weighted by Crippen LogP contribution is -1.93. The van der Waals surface area contributed by atoms with E-state index in [1.165, 1.54) is 17.4 Å². The minimum atomic E-state index is -0.0322. The molecule has 0 spiro atoms. The number of aryl methyl sites for hydroxylation is 1. The number of aromatic hydroxyl groups is 1. The van der Waals surface area contributed by atoms with E-state index >= 15 is 0 Å². The number of carbonyl (C=O) groups excluding carboxylic acids is 1. The van der Waals surface area contributed by atoms with Crippen LogP contribution in [0, 0.1) is 6.92 Å². The molecule has 0 unspecified atom stereocenters. The zero-order valence-corrected chi connectivity index (χ0v) is 14.1. The van der Waals surface area contributed by atoms with E-state index in [9.17, 15) is 9.90 Å². The summed E-state index contributed by atoms with van der Waals surface area (Å²) in [6, 6.07) is 7.19. The molecule has 0 saturated carbocycles. The van der Waals surface area contributed by atoms with Crippen LogP contribution in [0.1, 0.15) is 27.0 Å². The molecule has 0 radical (unpaired) electrons. The van der Waals surface area contributed by atoms with Gasteiger partial charge >= 0.3 is 0 Å². The van der Waals surface area contributed by atoms with E-state index in [0.717, 1.165) is 10.4 Å². The second-order valence-corrected chi connectivity index (χ2v) is 6.53. The molecule has 1 aromatic heterocycles. The van der Waals surface area contributed by atoms with E-state index in [1.807, 2.05) is 26.0 Å². The van der Waals surface area contributed by atoms with Crippen LogP contribution in [0.5, 0.6) is 11.5 Å². The second kappa shape index (κ2) is 6.91. The average molecular weight is 367 g/mol. The third-order valence-electron chi connectivity index (χ3n) is 2.76. The highest BCUT2D eigenvalue weighted by Crippen LogP contribution is 2.35. The standard InChI is InChI=1S/C16H15BrO3S/c1-3-20-14-9-11(8-12(17)16(14)19)5-6-13(18)15-7-4-10(2)21-15/h4-9,19H,3H2,1-2H3. The summed E-state index contributed by atoms with van der Waals surface area (Å²) in [5.41, 5.74) is 0.782. The molecule has 2 rings (SSSR count). The number of halogens is 1. The molecule has 0 atom stereocenters. The lowest BCUT2D eigenvalue weighted by atomic mass is 10.1. The molecule has 5 heteroatoms. The quantitative estimate of drug-likeness (QED) is 0.609. The van der Waals surface area contributed by atoms with Gasteiger partial charge in [-0.1, -0.05) is 6.08 Å². The number of thiophene rings is 1.